The van der Waals surface area contributed by atoms with Gasteiger partial charge in [-0.1, -0.05) is 36.4 Å². The molecule has 1 aromatic heterocycles. The third kappa shape index (κ3) is 4.58. The van der Waals surface area contributed by atoms with E-state index in [-0.39, 0.29) is 5.56 Å². The van der Waals surface area contributed by atoms with E-state index in [1.54, 1.807) is 19.2 Å². The molecule has 9 heteroatoms. The van der Waals surface area contributed by atoms with Crippen LogP contribution in [-0.4, -0.2) is 23.7 Å². The van der Waals surface area contributed by atoms with Crippen LogP contribution in [0.1, 0.15) is 5.56 Å². The van der Waals surface area contributed by atoms with Crippen molar-refractivity contribution in [3.63, 3.8) is 0 Å². The summed E-state index contributed by atoms with van der Waals surface area (Å²) in [7, 11) is 3.08. The Morgan fingerprint density at radius 1 is 0.738 bits per heavy atom. The number of halogens is 3. The molecule has 1 heterocycles. The number of benzene rings is 5. The number of rotatable bonds is 6. The van der Waals surface area contributed by atoms with Crippen molar-refractivity contribution in [2.24, 2.45) is 0 Å². The van der Waals surface area contributed by atoms with Crippen LogP contribution in [0.4, 0.5) is 18.9 Å². The Kier molecular flexibility index (Phi) is 6.57. The van der Waals surface area contributed by atoms with E-state index in [1.807, 2.05) is 77.4 Å². The van der Waals surface area contributed by atoms with Gasteiger partial charge < -0.3 is 14.0 Å². The van der Waals surface area contributed by atoms with Crippen LogP contribution in [0.5, 0.6) is 11.5 Å². The fourth-order valence-electron chi connectivity index (χ4n) is 5.38. The summed E-state index contributed by atoms with van der Waals surface area (Å²) in [4.78, 5) is 10.5. The molecule has 0 spiro atoms. The fourth-order valence-corrected chi connectivity index (χ4v) is 5.38. The van der Waals surface area contributed by atoms with E-state index >= 15 is 0 Å². The molecular formula is C33H23F3N2O4. The monoisotopic (exact) mass is 568 g/mol. The minimum Gasteiger partial charge on any atom is -0.497 e. The lowest BCUT2D eigenvalue weighted by atomic mass is 9.95. The molecule has 5 aromatic carbocycles. The van der Waals surface area contributed by atoms with Crippen LogP contribution >= 0.6 is 0 Å². The molecule has 6 nitrogen and oxygen atoms in total. The number of nitrogens with zero attached hydrogens (tertiary/aromatic N) is 2. The smallest absolute Gasteiger partial charge is 0.423 e. The first-order chi connectivity index (χ1) is 20.2. The maximum absolute atomic E-state index is 14.1. The molecule has 0 aliphatic heterocycles. The SMILES string of the molecule is COc1ccc(-n2c(-c3ccc4ccccc4c3)c(-c3ccc([N+](=O)[O-])c(C(F)(F)F)c3)c3cc(OC)ccc32)cc1. The highest BCUT2D eigenvalue weighted by molar-refractivity contribution is 6.07. The molecule has 6 rings (SSSR count). The van der Waals surface area contributed by atoms with Gasteiger partial charge in [0.15, 0.2) is 0 Å². The Morgan fingerprint density at radius 3 is 2.07 bits per heavy atom. The van der Waals surface area contributed by atoms with Crippen LogP contribution in [0.3, 0.4) is 0 Å². The molecule has 0 aliphatic rings. The summed E-state index contributed by atoms with van der Waals surface area (Å²) in [5, 5.41) is 14.1. The van der Waals surface area contributed by atoms with Crippen molar-refractivity contribution in [2.75, 3.05) is 14.2 Å². The van der Waals surface area contributed by atoms with Gasteiger partial charge >= 0.3 is 6.18 Å². The lowest BCUT2D eigenvalue weighted by Gasteiger charge is -2.15. The van der Waals surface area contributed by atoms with Crippen molar-refractivity contribution in [1.82, 2.24) is 4.57 Å². The van der Waals surface area contributed by atoms with Crippen LogP contribution in [0.2, 0.25) is 0 Å². The Bertz CT molecular complexity index is 1980. The van der Waals surface area contributed by atoms with Gasteiger partial charge in [-0.3, -0.25) is 10.1 Å². The summed E-state index contributed by atoms with van der Waals surface area (Å²) in [5.41, 5.74) is 1.18. The largest absolute Gasteiger partial charge is 0.497 e. The lowest BCUT2D eigenvalue weighted by molar-refractivity contribution is -0.388. The fraction of sp³-hybridized carbons (Fsp3) is 0.0909. The number of nitro groups is 1. The molecule has 0 saturated carbocycles. The van der Waals surface area contributed by atoms with Crippen LogP contribution < -0.4 is 9.47 Å². The van der Waals surface area contributed by atoms with Gasteiger partial charge in [0.05, 0.1) is 30.4 Å². The average molecular weight is 569 g/mol. The number of alkyl halides is 3. The molecule has 210 valence electrons. The summed E-state index contributed by atoms with van der Waals surface area (Å²) in [6, 6.07) is 29.6. The first-order valence-electron chi connectivity index (χ1n) is 12.9. The lowest BCUT2D eigenvalue weighted by Crippen LogP contribution is -2.09. The second-order valence-corrected chi connectivity index (χ2v) is 9.69. The number of fused-ring (bicyclic) bond motifs is 2. The number of hydrogen-bond donors (Lipinski definition) is 0. The molecule has 6 aromatic rings. The van der Waals surface area contributed by atoms with Crippen molar-refractivity contribution < 1.29 is 27.6 Å². The molecule has 0 radical (unpaired) electrons. The Hall–Kier alpha value is -5.31. The number of nitro benzene ring substituents is 1. The van der Waals surface area contributed by atoms with E-state index in [0.29, 0.717) is 33.7 Å². The standard InChI is InChI=1S/C33H23F3N2O4/c1-41-25-12-10-24(11-13-25)37-29-16-14-26(42-2)19-27(29)31(22-9-15-30(38(39)40)28(18-22)33(34,35)36)32(37)23-8-7-20-5-3-4-6-21(20)17-23/h3-19H,1-2H3. The van der Waals surface area contributed by atoms with Crippen LogP contribution in [-0.2, 0) is 6.18 Å². The van der Waals surface area contributed by atoms with Gasteiger partial charge in [0.2, 0.25) is 0 Å². The van der Waals surface area contributed by atoms with Crippen molar-refractivity contribution in [1.29, 1.82) is 0 Å². The number of aromatic nitrogens is 1. The van der Waals surface area contributed by atoms with Gasteiger partial charge in [0, 0.05) is 22.7 Å². The normalized spacial score (nSPS) is 11.6. The average Bonchev–Trinajstić information content (AvgIpc) is 3.34. The predicted molar refractivity (Wildman–Crippen MR) is 156 cm³/mol. The van der Waals surface area contributed by atoms with E-state index in [9.17, 15) is 23.3 Å². The first kappa shape index (κ1) is 26.9. The summed E-state index contributed by atoms with van der Waals surface area (Å²) in [6.07, 6.45) is -4.94. The van der Waals surface area contributed by atoms with E-state index in [2.05, 4.69) is 0 Å². The summed E-state index contributed by atoms with van der Waals surface area (Å²) < 4.78 is 55.2. The zero-order valence-corrected chi connectivity index (χ0v) is 22.5. The second-order valence-electron chi connectivity index (χ2n) is 9.69. The molecule has 0 saturated heterocycles. The van der Waals surface area contributed by atoms with Crippen molar-refractivity contribution in [3.8, 4) is 39.6 Å². The van der Waals surface area contributed by atoms with Crippen molar-refractivity contribution >= 4 is 27.4 Å². The quantitative estimate of drug-likeness (QED) is 0.149. The number of ether oxygens (including phenoxy) is 2. The van der Waals surface area contributed by atoms with Gasteiger partial charge in [-0.05, 0) is 82.6 Å². The van der Waals surface area contributed by atoms with Crippen molar-refractivity contribution in [2.45, 2.75) is 6.18 Å². The third-order valence-corrected chi connectivity index (χ3v) is 7.32. The highest BCUT2D eigenvalue weighted by atomic mass is 19.4. The minimum absolute atomic E-state index is 0.182. The molecule has 42 heavy (non-hydrogen) atoms. The molecule has 0 aliphatic carbocycles. The van der Waals surface area contributed by atoms with Gasteiger partial charge in [-0.15, -0.1) is 0 Å². The second kappa shape index (κ2) is 10.3. The molecule has 0 amide bonds. The van der Waals surface area contributed by atoms with E-state index in [4.69, 9.17) is 9.47 Å². The van der Waals surface area contributed by atoms with Crippen molar-refractivity contribution in [3.05, 3.63) is 119 Å². The predicted octanol–water partition coefficient (Wildman–Crippen LogP) is 9.06. The molecule has 0 fully saturated rings. The molecule has 0 N–H and O–H groups in total. The van der Waals surface area contributed by atoms with Crippen LogP contribution in [0.25, 0.3) is 49.7 Å². The van der Waals surface area contributed by atoms with E-state index < -0.39 is 22.4 Å². The zero-order valence-electron chi connectivity index (χ0n) is 22.5. The highest BCUT2D eigenvalue weighted by Crippen LogP contribution is 2.47. The number of methoxy groups -OCH3 is 2. The summed E-state index contributed by atoms with van der Waals surface area (Å²) in [6.45, 7) is 0. The zero-order chi connectivity index (χ0) is 29.6. The molecular weight excluding hydrogens is 545 g/mol. The highest BCUT2D eigenvalue weighted by Gasteiger charge is 2.39. The van der Waals surface area contributed by atoms with Gasteiger partial charge in [0.1, 0.15) is 17.1 Å². The van der Waals surface area contributed by atoms with Gasteiger partial charge in [-0.2, -0.15) is 13.2 Å². The maximum atomic E-state index is 14.1. The summed E-state index contributed by atoms with van der Waals surface area (Å²) in [5.74, 6) is 1.16. The van der Waals surface area contributed by atoms with Gasteiger partial charge in [0.25, 0.3) is 5.69 Å². The van der Waals surface area contributed by atoms with Crippen LogP contribution in [0.15, 0.2) is 103 Å². The third-order valence-electron chi connectivity index (χ3n) is 7.32. The Balaban J connectivity index is 1.77. The summed E-state index contributed by atoms with van der Waals surface area (Å²) >= 11 is 0. The molecule has 0 bridgehead atoms. The first-order valence-corrected chi connectivity index (χ1v) is 12.9. The Morgan fingerprint density at radius 2 is 1.40 bits per heavy atom. The topological polar surface area (TPSA) is 66.5 Å². The maximum Gasteiger partial charge on any atom is 0.423 e. The van der Waals surface area contributed by atoms with Crippen LogP contribution in [0, 0.1) is 10.1 Å². The van der Waals surface area contributed by atoms with E-state index in [0.717, 1.165) is 34.2 Å². The minimum atomic E-state index is -4.94. The molecule has 0 unspecified atom stereocenters. The van der Waals surface area contributed by atoms with Gasteiger partial charge in [-0.25, -0.2) is 0 Å². The van der Waals surface area contributed by atoms with E-state index in [1.165, 1.54) is 13.2 Å². The number of hydrogen-bond acceptors (Lipinski definition) is 4. The Labute approximate surface area is 238 Å². The molecule has 0 atom stereocenters.